The fourth-order valence-corrected chi connectivity index (χ4v) is 2.45. The maximum atomic E-state index is 12.0. The van der Waals surface area contributed by atoms with Crippen LogP contribution in [0.1, 0.15) is 18.2 Å². The lowest BCUT2D eigenvalue weighted by atomic mass is 10.1. The van der Waals surface area contributed by atoms with Gasteiger partial charge in [0.15, 0.2) is 5.13 Å². The number of carbonyl (C=O) groups is 1. The highest BCUT2D eigenvalue weighted by Gasteiger charge is 2.16. The van der Waals surface area contributed by atoms with E-state index in [1.807, 2.05) is 35.7 Å². The number of aliphatic hydroxyl groups excluding tert-OH is 1. The van der Waals surface area contributed by atoms with Crippen molar-refractivity contribution in [1.29, 1.82) is 0 Å². The Balaban J connectivity index is 1.96. The summed E-state index contributed by atoms with van der Waals surface area (Å²) in [7, 11) is 1.65. The van der Waals surface area contributed by atoms with Gasteiger partial charge in [0.05, 0.1) is 18.3 Å². The van der Waals surface area contributed by atoms with Crippen LogP contribution in [0, 0.1) is 0 Å². The van der Waals surface area contributed by atoms with Crippen LogP contribution in [0.2, 0.25) is 0 Å². The number of nitrogens with zero attached hydrogens (tertiary/aromatic N) is 2. The molecule has 1 heterocycles. The van der Waals surface area contributed by atoms with Gasteiger partial charge in [-0.2, -0.15) is 0 Å². The van der Waals surface area contributed by atoms with Gasteiger partial charge in [-0.25, -0.2) is 9.78 Å². The third-order valence-electron chi connectivity index (χ3n) is 3.24. The number of amides is 2. The van der Waals surface area contributed by atoms with Crippen molar-refractivity contribution in [1.82, 2.24) is 9.88 Å². The van der Waals surface area contributed by atoms with E-state index < -0.39 is 0 Å². The second kappa shape index (κ2) is 7.19. The molecule has 112 valence electrons. The van der Waals surface area contributed by atoms with Gasteiger partial charge in [-0.3, -0.25) is 5.32 Å². The Morgan fingerprint density at radius 2 is 2.14 bits per heavy atom. The van der Waals surface area contributed by atoms with E-state index in [9.17, 15) is 4.79 Å². The minimum atomic E-state index is -0.267. The summed E-state index contributed by atoms with van der Waals surface area (Å²) in [5, 5.41) is 14.3. The topological polar surface area (TPSA) is 65.5 Å². The van der Waals surface area contributed by atoms with Crippen molar-refractivity contribution in [2.75, 3.05) is 19.0 Å². The Morgan fingerprint density at radius 1 is 1.43 bits per heavy atom. The van der Waals surface area contributed by atoms with E-state index in [-0.39, 0.29) is 18.7 Å². The van der Waals surface area contributed by atoms with Gasteiger partial charge in [-0.05, 0) is 12.5 Å². The van der Waals surface area contributed by atoms with Crippen molar-refractivity contribution < 1.29 is 9.90 Å². The first-order valence-corrected chi connectivity index (χ1v) is 7.61. The average Bonchev–Trinajstić information content (AvgIpc) is 2.93. The van der Waals surface area contributed by atoms with Crippen LogP contribution in [-0.4, -0.2) is 40.7 Å². The number of hydrogen-bond donors (Lipinski definition) is 2. The quantitative estimate of drug-likeness (QED) is 0.892. The Labute approximate surface area is 128 Å². The van der Waals surface area contributed by atoms with Crippen molar-refractivity contribution in [3.8, 4) is 0 Å². The van der Waals surface area contributed by atoms with Gasteiger partial charge < -0.3 is 10.0 Å². The molecule has 2 aromatic rings. The van der Waals surface area contributed by atoms with Gasteiger partial charge >= 0.3 is 6.03 Å². The zero-order chi connectivity index (χ0) is 15.2. The molecule has 2 rings (SSSR count). The lowest BCUT2D eigenvalue weighted by Crippen LogP contribution is -2.40. The number of aliphatic hydroxyl groups is 1. The second-order valence-electron chi connectivity index (χ2n) is 4.88. The number of thiazole rings is 1. The molecule has 0 aliphatic rings. The molecular weight excluding hydrogens is 286 g/mol. The average molecular weight is 305 g/mol. The van der Waals surface area contributed by atoms with Gasteiger partial charge in [0.1, 0.15) is 0 Å². The summed E-state index contributed by atoms with van der Waals surface area (Å²) < 4.78 is 0. The van der Waals surface area contributed by atoms with E-state index in [1.54, 1.807) is 14.0 Å². The summed E-state index contributed by atoms with van der Waals surface area (Å²) in [6.45, 7) is 1.71. The molecule has 1 aromatic heterocycles. The standard InChI is InChI=1S/C15H19N3O2S/c1-11(9-19)18(2)15(20)17-14-16-13(10-21-14)8-12-6-4-3-5-7-12/h3-7,10-11,19H,8-9H2,1-2H3,(H,16,17,20). The Morgan fingerprint density at radius 3 is 2.81 bits per heavy atom. The number of rotatable bonds is 5. The number of benzene rings is 1. The normalized spacial score (nSPS) is 12.0. The van der Waals surface area contributed by atoms with Crippen LogP contribution < -0.4 is 5.32 Å². The van der Waals surface area contributed by atoms with E-state index in [4.69, 9.17) is 5.11 Å². The lowest BCUT2D eigenvalue weighted by Gasteiger charge is -2.22. The molecule has 5 nitrogen and oxygen atoms in total. The molecule has 1 atom stereocenters. The third-order valence-corrected chi connectivity index (χ3v) is 4.05. The molecular formula is C15H19N3O2S. The highest BCUT2D eigenvalue weighted by molar-refractivity contribution is 7.13. The zero-order valence-electron chi connectivity index (χ0n) is 12.1. The van der Waals surface area contributed by atoms with Crippen molar-refractivity contribution in [3.05, 3.63) is 47.0 Å². The fourth-order valence-electron chi connectivity index (χ4n) is 1.75. The largest absolute Gasteiger partial charge is 0.394 e. The number of aromatic nitrogens is 1. The highest BCUT2D eigenvalue weighted by atomic mass is 32.1. The molecule has 2 N–H and O–H groups in total. The summed E-state index contributed by atoms with van der Waals surface area (Å²) in [4.78, 5) is 17.8. The first-order valence-electron chi connectivity index (χ1n) is 6.73. The second-order valence-corrected chi connectivity index (χ2v) is 5.74. The van der Waals surface area contributed by atoms with Crippen LogP contribution >= 0.6 is 11.3 Å². The minimum Gasteiger partial charge on any atom is -0.394 e. The van der Waals surface area contributed by atoms with Crippen molar-refractivity contribution >= 4 is 22.5 Å². The molecule has 0 saturated heterocycles. The molecule has 0 fully saturated rings. The van der Waals surface area contributed by atoms with Gasteiger partial charge in [0.2, 0.25) is 0 Å². The maximum absolute atomic E-state index is 12.0. The van der Waals surface area contributed by atoms with Gasteiger partial charge in [0.25, 0.3) is 0 Å². The maximum Gasteiger partial charge on any atom is 0.323 e. The Hall–Kier alpha value is -1.92. The third kappa shape index (κ3) is 4.27. The SMILES string of the molecule is CC(CO)N(C)C(=O)Nc1nc(Cc2ccccc2)cs1. The number of carbonyl (C=O) groups excluding carboxylic acids is 1. The number of urea groups is 1. The van der Waals surface area contributed by atoms with Crippen LogP contribution in [0.5, 0.6) is 0 Å². The zero-order valence-corrected chi connectivity index (χ0v) is 12.9. The van der Waals surface area contributed by atoms with E-state index in [1.165, 1.54) is 21.8 Å². The predicted octanol–water partition coefficient (Wildman–Crippen LogP) is 2.58. The van der Waals surface area contributed by atoms with E-state index in [2.05, 4.69) is 10.3 Å². The lowest BCUT2D eigenvalue weighted by molar-refractivity contribution is 0.166. The molecule has 0 bridgehead atoms. The molecule has 21 heavy (non-hydrogen) atoms. The van der Waals surface area contributed by atoms with Crippen LogP contribution in [0.3, 0.4) is 0 Å². The van der Waals surface area contributed by atoms with Gasteiger partial charge in [0, 0.05) is 18.8 Å². The molecule has 0 aliphatic carbocycles. The Kier molecular flexibility index (Phi) is 5.30. The smallest absolute Gasteiger partial charge is 0.323 e. The van der Waals surface area contributed by atoms with E-state index in [0.717, 1.165) is 12.1 Å². The number of likely N-dealkylation sites (N-methyl/N-ethyl adjacent to an activating group) is 1. The Bertz CT molecular complexity index is 586. The molecule has 1 aromatic carbocycles. The molecule has 2 amide bonds. The van der Waals surface area contributed by atoms with E-state index in [0.29, 0.717) is 5.13 Å². The summed E-state index contributed by atoms with van der Waals surface area (Å²) in [6, 6.07) is 9.58. The summed E-state index contributed by atoms with van der Waals surface area (Å²) in [6.07, 6.45) is 0.746. The van der Waals surface area contributed by atoms with Gasteiger partial charge in [-0.15, -0.1) is 11.3 Å². The number of nitrogens with one attached hydrogen (secondary N) is 1. The molecule has 1 unspecified atom stereocenters. The first-order chi connectivity index (χ1) is 10.1. The van der Waals surface area contributed by atoms with Crippen molar-refractivity contribution in [3.63, 3.8) is 0 Å². The van der Waals surface area contributed by atoms with Crippen LogP contribution in [0.4, 0.5) is 9.93 Å². The first kappa shape index (κ1) is 15.5. The fraction of sp³-hybridized carbons (Fsp3) is 0.333. The summed E-state index contributed by atoms with van der Waals surface area (Å²) in [5.74, 6) is 0. The number of anilines is 1. The van der Waals surface area contributed by atoms with Crippen LogP contribution in [-0.2, 0) is 6.42 Å². The monoisotopic (exact) mass is 305 g/mol. The summed E-state index contributed by atoms with van der Waals surface area (Å²) in [5.41, 5.74) is 2.12. The molecule has 0 aliphatic heterocycles. The summed E-state index contributed by atoms with van der Waals surface area (Å²) >= 11 is 1.40. The van der Waals surface area contributed by atoms with Crippen LogP contribution in [0.15, 0.2) is 35.7 Å². The highest BCUT2D eigenvalue weighted by Crippen LogP contribution is 2.18. The molecule has 0 saturated carbocycles. The molecule has 0 radical (unpaired) electrons. The molecule has 0 spiro atoms. The van der Waals surface area contributed by atoms with Crippen molar-refractivity contribution in [2.45, 2.75) is 19.4 Å². The van der Waals surface area contributed by atoms with E-state index >= 15 is 0 Å². The minimum absolute atomic E-state index is 0.0684. The van der Waals surface area contributed by atoms with Crippen molar-refractivity contribution in [2.24, 2.45) is 0 Å². The predicted molar refractivity (Wildman–Crippen MR) is 84.7 cm³/mol. The van der Waals surface area contributed by atoms with Gasteiger partial charge in [-0.1, -0.05) is 30.3 Å². The molecule has 6 heteroatoms. The number of hydrogen-bond acceptors (Lipinski definition) is 4. The van der Waals surface area contributed by atoms with Crippen LogP contribution in [0.25, 0.3) is 0 Å².